The van der Waals surface area contributed by atoms with Crippen molar-refractivity contribution in [2.24, 2.45) is 5.41 Å². The van der Waals surface area contributed by atoms with E-state index in [0.29, 0.717) is 11.2 Å². The van der Waals surface area contributed by atoms with Gasteiger partial charge in [-0.3, -0.25) is 4.79 Å². The molecule has 0 saturated carbocycles. The van der Waals surface area contributed by atoms with E-state index in [-0.39, 0.29) is 5.91 Å². The molecule has 1 aromatic heterocycles. The lowest BCUT2D eigenvalue weighted by atomic mass is 9.78. The molecule has 3 heterocycles. The number of piperidine rings is 1. The van der Waals surface area contributed by atoms with Gasteiger partial charge in [-0.05, 0) is 43.4 Å². The second-order valence-electron chi connectivity index (χ2n) is 6.37. The number of carbonyl (C=O) groups is 1. The summed E-state index contributed by atoms with van der Waals surface area (Å²) < 4.78 is 5.70. The molecule has 0 atom stereocenters. The average Bonchev–Trinajstić information content (AvgIpc) is 3.14. The fourth-order valence-corrected chi connectivity index (χ4v) is 3.65. The predicted molar refractivity (Wildman–Crippen MR) is 81.3 cm³/mol. The molecule has 4 rings (SSSR count). The van der Waals surface area contributed by atoms with E-state index in [4.69, 9.17) is 4.42 Å². The van der Waals surface area contributed by atoms with Crippen LogP contribution in [0.2, 0.25) is 0 Å². The van der Waals surface area contributed by atoms with Gasteiger partial charge in [-0.25, -0.2) is 0 Å². The molecule has 4 nitrogen and oxygen atoms in total. The third kappa shape index (κ3) is 2.23. The molecule has 21 heavy (non-hydrogen) atoms. The predicted octanol–water partition coefficient (Wildman–Crippen LogP) is 2.65. The fourth-order valence-electron chi connectivity index (χ4n) is 3.65. The summed E-state index contributed by atoms with van der Waals surface area (Å²) in [5.74, 6) is 0.503. The van der Waals surface area contributed by atoms with E-state index < -0.39 is 0 Å². The quantitative estimate of drug-likeness (QED) is 0.875. The first-order valence-electron chi connectivity index (χ1n) is 7.74. The molecule has 4 heteroatoms. The van der Waals surface area contributed by atoms with Crippen LogP contribution in [0, 0.1) is 5.41 Å². The van der Waals surface area contributed by atoms with E-state index >= 15 is 0 Å². The minimum atomic E-state index is 0.0343. The highest BCUT2D eigenvalue weighted by atomic mass is 16.3. The zero-order chi connectivity index (χ0) is 14.3. The zero-order valence-electron chi connectivity index (χ0n) is 12.1. The summed E-state index contributed by atoms with van der Waals surface area (Å²) >= 11 is 0. The number of likely N-dealkylation sites (tertiary alicyclic amines) is 1. The number of furan rings is 1. The lowest BCUT2D eigenvalue weighted by Gasteiger charge is -2.38. The Morgan fingerprint density at radius 1 is 1.19 bits per heavy atom. The van der Waals surface area contributed by atoms with Crippen LogP contribution >= 0.6 is 0 Å². The van der Waals surface area contributed by atoms with Crippen LogP contribution in [0.15, 0.2) is 34.7 Å². The van der Waals surface area contributed by atoms with Gasteiger partial charge in [0.25, 0.3) is 5.91 Å². The molecule has 0 unspecified atom stereocenters. The Balaban J connectivity index is 1.50. The van der Waals surface area contributed by atoms with Crippen LogP contribution in [-0.4, -0.2) is 37.0 Å². The van der Waals surface area contributed by atoms with Gasteiger partial charge in [0.15, 0.2) is 5.76 Å². The van der Waals surface area contributed by atoms with Crippen molar-refractivity contribution in [1.82, 2.24) is 10.2 Å². The van der Waals surface area contributed by atoms with Crippen LogP contribution in [0.4, 0.5) is 0 Å². The van der Waals surface area contributed by atoms with E-state index in [2.05, 4.69) is 5.32 Å². The molecule has 2 fully saturated rings. The molecular formula is C17H20N2O2. The van der Waals surface area contributed by atoms with Crippen LogP contribution in [0.3, 0.4) is 0 Å². The Labute approximate surface area is 124 Å². The molecule has 2 aliphatic heterocycles. The molecule has 2 aromatic rings. The number of carbonyl (C=O) groups excluding carboxylic acids is 1. The SMILES string of the molecule is O=C(c1cc2ccccc2o1)N1CCC2(CCNC2)CC1. The largest absolute Gasteiger partial charge is 0.451 e. The van der Waals surface area contributed by atoms with E-state index in [1.807, 2.05) is 35.2 Å². The number of nitrogens with zero attached hydrogens (tertiary/aromatic N) is 1. The maximum Gasteiger partial charge on any atom is 0.289 e. The highest BCUT2D eigenvalue weighted by molar-refractivity contribution is 5.96. The zero-order valence-corrected chi connectivity index (χ0v) is 12.1. The second kappa shape index (κ2) is 4.88. The van der Waals surface area contributed by atoms with Crippen molar-refractivity contribution in [3.05, 3.63) is 36.1 Å². The maximum absolute atomic E-state index is 12.6. The molecule has 2 aliphatic rings. The van der Waals surface area contributed by atoms with E-state index in [9.17, 15) is 4.79 Å². The highest BCUT2D eigenvalue weighted by Crippen LogP contribution is 2.37. The summed E-state index contributed by atoms with van der Waals surface area (Å²) in [5.41, 5.74) is 1.22. The van der Waals surface area contributed by atoms with Crippen LogP contribution in [0.5, 0.6) is 0 Å². The average molecular weight is 284 g/mol. The van der Waals surface area contributed by atoms with Crippen LogP contribution in [0.25, 0.3) is 11.0 Å². The monoisotopic (exact) mass is 284 g/mol. The van der Waals surface area contributed by atoms with Gasteiger partial charge < -0.3 is 14.6 Å². The summed E-state index contributed by atoms with van der Waals surface area (Å²) in [6, 6.07) is 9.63. The van der Waals surface area contributed by atoms with Gasteiger partial charge in [0, 0.05) is 25.0 Å². The minimum absolute atomic E-state index is 0.0343. The third-order valence-electron chi connectivity index (χ3n) is 5.08. The molecule has 2 saturated heterocycles. The highest BCUT2D eigenvalue weighted by Gasteiger charge is 2.38. The number of nitrogens with one attached hydrogen (secondary N) is 1. The summed E-state index contributed by atoms with van der Waals surface area (Å²) in [6.07, 6.45) is 3.46. The van der Waals surface area contributed by atoms with Gasteiger partial charge in [-0.1, -0.05) is 18.2 Å². The van der Waals surface area contributed by atoms with Crippen molar-refractivity contribution in [2.45, 2.75) is 19.3 Å². The Hall–Kier alpha value is -1.81. The molecule has 1 spiro atoms. The smallest absolute Gasteiger partial charge is 0.289 e. The lowest BCUT2D eigenvalue weighted by Crippen LogP contribution is -2.43. The van der Waals surface area contributed by atoms with Gasteiger partial charge in [-0.15, -0.1) is 0 Å². The van der Waals surface area contributed by atoms with Gasteiger partial charge >= 0.3 is 0 Å². The van der Waals surface area contributed by atoms with Gasteiger partial charge in [0.05, 0.1) is 0 Å². The minimum Gasteiger partial charge on any atom is -0.451 e. The Bertz CT molecular complexity index is 627. The lowest BCUT2D eigenvalue weighted by molar-refractivity contribution is 0.0579. The normalized spacial score (nSPS) is 21.2. The van der Waals surface area contributed by atoms with Crippen molar-refractivity contribution in [3.8, 4) is 0 Å². The number of para-hydroxylation sites is 1. The summed E-state index contributed by atoms with van der Waals surface area (Å²) in [6.45, 7) is 3.92. The number of fused-ring (bicyclic) bond motifs is 1. The van der Waals surface area contributed by atoms with Gasteiger partial charge in [-0.2, -0.15) is 0 Å². The van der Waals surface area contributed by atoms with E-state index in [1.165, 1.54) is 6.42 Å². The first-order valence-corrected chi connectivity index (χ1v) is 7.74. The third-order valence-corrected chi connectivity index (χ3v) is 5.08. The van der Waals surface area contributed by atoms with Crippen molar-refractivity contribution >= 4 is 16.9 Å². The molecular weight excluding hydrogens is 264 g/mol. The topological polar surface area (TPSA) is 45.5 Å². The van der Waals surface area contributed by atoms with Crippen molar-refractivity contribution in [2.75, 3.05) is 26.2 Å². The molecule has 1 amide bonds. The van der Waals surface area contributed by atoms with Crippen molar-refractivity contribution < 1.29 is 9.21 Å². The van der Waals surface area contributed by atoms with Crippen LogP contribution in [0.1, 0.15) is 29.8 Å². The van der Waals surface area contributed by atoms with E-state index in [1.54, 1.807) is 0 Å². The summed E-state index contributed by atoms with van der Waals surface area (Å²) in [7, 11) is 0. The number of amides is 1. The molecule has 1 aromatic carbocycles. The first kappa shape index (κ1) is 12.9. The van der Waals surface area contributed by atoms with Gasteiger partial charge in [0.2, 0.25) is 0 Å². The number of hydrogen-bond acceptors (Lipinski definition) is 3. The Morgan fingerprint density at radius 2 is 2.00 bits per heavy atom. The molecule has 0 bridgehead atoms. The first-order chi connectivity index (χ1) is 10.3. The van der Waals surface area contributed by atoms with Gasteiger partial charge in [0.1, 0.15) is 5.58 Å². The van der Waals surface area contributed by atoms with Crippen LogP contribution in [-0.2, 0) is 0 Å². The summed E-state index contributed by atoms with van der Waals surface area (Å²) in [5, 5.41) is 4.45. The van der Waals surface area contributed by atoms with Crippen molar-refractivity contribution in [1.29, 1.82) is 0 Å². The molecule has 0 radical (unpaired) electrons. The fraction of sp³-hybridized carbons (Fsp3) is 0.471. The van der Waals surface area contributed by atoms with Crippen molar-refractivity contribution in [3.63, 3.8) is 0 Å². The second-order valence-corrected chi connectivity index (χ2v) is 6.37. The molecule has 1 N–H and O–H groups in total. The van der Waals surface area contributed by atoms with E-state index in [0.717, 1.165) is 50.0 Å². The maximum atomic E-state index is 12.6. The Morgan fingerprint density at radius 3 is 2.71 bits per heavy atom. The summed E-state index contributed by atoms with van der Waals surface area (Å²) in [4.78, 5) is 14.5. The number of hydrogen-bond donors (Lipinski definition) is 1. The number of benzene rings is 1. The van der Waals surface area contributed by atoms with Crippen LogP contribution < -0.4 is 5.32 Å². The standard InChI is InChI=1S/C17H20N2O2/c20-16(15-11-13-3-1-2-4-14(13)21-15)19-9-6-17(7-10-19)5-8-18-12-17/h1-4,11,18H,5-10,12H2. The molecule has 0 aliphatic carbocycles. The molecule has 110 valence electrons. The Kier molecular flexibility index (Phi) is 3.00. The number of rotatable bonds is 1.